The van der Waals surface area contributed by atoms with Crippen LogP contribution in [0.3, 0.4) is 0 Å². The number of rotatable bonds is 6. The van der Waals surface area contributed by atoms with Crippen molar-refractivity contribution in [3.63, 3.8) is 0 Å². The zero-order valence-electron chi connectivity index (χ0n) is 15.7. The van der Waals surface area contributed by atoms with Gasteiger partial charge >= 0.3 is 0 Å². The zero-order chi connectivity index (χ0) is 18.7. The third-order valence-electron chi connectivity index (χ3n) is 5.76. The topological polar surface area (TPSA) is 66.5 Å². The number of imide groups is 1. The van der Waals surface area contributed by atoms with Gasteiger partial charge in [0.15, 0.2) is 0 Å². The predicted molar refractivity (Wildman–Crippen MR) is 99.2 cm³/mol. The van der Waals surface area contributed by atoms with Crippen molar-refractivity contribution in [2.45, 2.75) is 58.4 Å². The van der Waals surface area contributed by atoms with Crippen LogP contribution in [0.25, 0.3) is 0 Å². The van der Waals surface area contributed by atoms with Gasteiger partial charge in [-0.3, -0.25) is 19.3 Å². The van der Waals surface area contributed by atoms with Gasteiger partial charge in [-0.05, 0) is 37.3 Å². The highest BCUT2D eigenvalue weighted by molar-refractivity contribution is 6.05. The second-order valence-electron chi connectivity index (χ2n) is 7.46. The molecule has 1 aromatic carbocycles. The summed E-state index contributed by atoms with van der Waals surface area (Å²) in [6.45, 7) is 4.24. The number of fused-ring (bicyclic) bond motifs is 1. The first-order valence-electron chi connectivity index (χ1n) is 9.74. The summed E-state index contributed by atoms with van der Waals surface area (Å²) >= 11 is 0. The van der Waals surface area contributed by atoms with E-state index in [1.54, 1.807) is 0 Å². The molecule has 1 aliphatic carbocycles. The minimum absolute atomic E-state index is 0.0734. The lowest BCUT2D eigenvalue weighted by Crippen LogP contribution is -2.36. The lowest BCUT2D eigenvalue weighted by Gasteiger charge is -2.19. The summed E-state index contributed by atoms with van der Waals surface area (Å²) in [7, 11) is 0. The molecule has 1 saturated heterocycles. The second kappa shape index (κ2) is 8.02. The first kappa shape index (κ1) is 18.6. The van der Waals surface area contributed by atoms with Crippen LogP contribution in [0.1, 0.15) is 63.1 Å². The largest absolute Gasteiger partial charge is 0.350 e. The minimum atomic E-state index is -0.143. The van der Waals surface area contributed by atoms with E-state index in [0.29, 0.717) is 0 Å². The fourth-order valence-corrected chi connectivity index (χ4v) is 4.10. The Hall–Kier alpha value is -2.17. The van der Waals surface area contributed by atoms with Crippen LogP contribution in [0.15, 0.2) is 24.3 Å². The maximum absolute atomic E-state index is 12.4. The molecular formula is C21H28N2O3. The normalized spacial score (nSPS) is 23.7. The van der Waals surface area contributed by atoms with Gasteiger partial charge in [0.25, 0.3) is 0 Å². The molecule has 1 saturated carbocycles. The molecule has 1 aromatic rings. The van der Waals surface area contributed by atoms with Crippen LogP contribution < -0.4 is 5.32 Å². The molecule has 1 heterocycles. The maximum Gasteiger partial charge on any atom is 0.233 e. The summed E-state index contributed by atoms with van der Waals surface area (Å²) in [5.74, 6) is -0.565. The van der Waals surface area contributed by atoms with E-state index in [9.17, 15) is 14.4 Å². The Kier molecular flexibility index (Phi) is 5.74. The Morgan fingerprint density at radius 3 is 2.23 bits per heavy atom. The lowest BCUT2D eigenvalue weighted by atomic mass is 9.81. The van der Waals surface area contributed by atoms with Gasteiger partial charge in [-0.25, -0.2) is 0 Å². The molecule has 0 spiro atoms. The lowest BCUT2D eigenvalue weighted by molar-refractivity contribution is -0.140. The first-order valence-corrected chi connectivity index (χ1v) is 9.74. The number of likely N-dealkylation sites (tertiary alicyclic amines) is 1. The third kappa shape index (κ3) is 3.81. The molecule has 2 aliphatic rings. The molecule has 2 fully saturated rings. The van der Waals surface area contributed by atoms with Gasteiger partial charge in [-0.1, -0.05) is 44.0 Å². The van der Waals surface area contributed by atoms with Crippen LogP contribution in [0.4, 0.5) is 0 Å². The smallest absolute Gasteiger partial charge is 0.233 e. The van der Waals surface area contributed by atoms with E-state index < -0.39 is 0 Å². The fraction of sp³-hybridized carbons (Fsp3) is 0.571. The molecule has 5 nitrogen and oxygen atoms in total. The average Bonchev–Trinajstić information content (AvgIpc) is 2.91. The van der Waals surface area contributed by atoms with Gasteiger partial charge in [0.05, 0.1) is 17.9 Å². The number of carbonyl (C=O) groups excluding carboxylic acids is 3. The van der Waals surface area contributed by atoms with Crippen LogP contribution in [0.5, 0.6) is 0 Å². The number of carbonyl (C=O) groups is 3. The molecule has 3 unspecified atom stereocenters. The van der Waals surface area contributed by atoms with Crippen LogP contribution in [0, 0.1) is 11.8 Å². The van der Waals surface area contributed by atoms with Crippen molar-refractivity contribution < 1.29 is 14.4 Å². The van der Waals surface area contributed by atoms with E-state index in [4.69, 9.17) is 0 Å². The number of nitrogens with one attached hydrogen (secondary N) is 1. The third-order valence-corrected chi connectivity index (χ3v) is 5.76. The second-order valence-corrected chi connectivity index (χ2v) is 7.46. The Morgan fingerprint density at radius 1 is 1.12 bits per heavy atom. The quantitative estimate of drug-likeness (QED) is 0.797. The van der Waals surface area contributed by atoms with Crippen molar-refractivity contribution in [2.75, 3.05) is 6.54 Å². The first-order chi connectivity index (χ1) is 12.5. The molecule has 3 atom stereocenters. The SMILES string of the molecule is CCc1ccc(C(C)NC(=O)CCN2C(=O)C3CCCCC3C2=O)cc1. The standard InChI is InChI=1S/C21H28N2O3/c1-3-15-8-10-16(11-9-15)14(2)22-19(24)12-13-23-20(25)17-6-4-5-7-18(17)21(23)26/h8-11,14,17-18H,3-7,12-13H2,1-2H3,(H,22,24). The Morgan fingerprint density at radius 2 is 1.69 bits per heavy atom. The number of benzene rings is 1. The Balaban J connectivity index is 1.52. The van der Waals surface area contributed by atoms with Crippen molar-refractivity contribution in [1.29, 1.82) is 0 Å². The van der Waals surface area contributed by atoms with Crippen molar-refractivity contribution >= 4 is 17.7 Å². The van der Waals surface area contributed by atoms with E-state index in [1.165, 1.54) is 10.5 Å². The van der Waals surface area contributed by atoms with E-state index in [1.807, 2.05) is 19.1 Å². The highest BCUT2D eigenvalue weighted by atomic mass is 16.2. The van der Waals surface area contributed by atoms with Crippen LogP contribution in [-0.2, 0) is 20.8 Å². The van der Waals surface area contributed by atoms with Crippen molar-refractivity contribution in [2.24, 2.45) is 11.8 Å². The zero-order valence-corrected chi connectivity index (χ0v) is 15.7. The monoisotopic (exact) mass is 356 g/mol. The summed E-state index contributed by atoms with van der Waals surface area (Å²) in [6, 6.07) is 8.10. The molecule has 3 amide bonds. The number of amides is 3. The molecular weight excluding hydrogens is 328 g/mol. The molecule has 0 bridgehead atoms. The van der Waals surface area contributed by atoms with Crippen LogP contribution >= 0.6 is 0 Å². The van der Waals surface area contributed by atoms with Gasteiger partial charge in [0, 0.05) is 13.0 Å². The summed E-state index contributed by atoms with van der Waals surface area (Å²) in [5.41, 5.74) is 2.31. The van der Waals surface area contributed by atoms with Crippen LogP contribution in [-0.4, -0.2) is 29.2 Å². The molecule has 0 radical (unpaired) electrons. The van der Waals surface area contributed by atoms with Crippen LogP contribution in [0.2, 0.25) is 0 Å². The maximum atomic E-state index is 12.4. The van der Waals surface area contributed by atoms with E-state index >= 15 is 0 Å². The molecule has 0 aromatic heterocycles. The number of hydrogen-bond acceptors (Lipinski definition) is 3. The summed E-state index contributed by atoms with van der Waals surface area (Å²) in [5, 5.41) is 2.96. The predicted octanol–water partition coefficient (Wildman–Crippen LogP) is 2.99. The molecule has 140 valence electrons. The summed E-state index contributed by atoms with van der Waals surface area (Å²) in [6.07, 6.45) is 4.80. The summed E-state index contributed by atoms with van der Waals surface area (Å²) < 4.78 is 0. The molecule has 5 heteroatoms. The van der Waals surface area contributed by atoms with Crippen molar-refractivity contribution in [3.8, 4) is 0 Å². The average molecular weight is 356 g/mol. The highest BCUT2D eigenvalue weighted by Crippen LogP contribution is 2.37. The van der Waals surface area contributed by atoms with E-state index in [2.05, 4.69) is 24.4 Å². The highest BCUT2D eigenvalue weighted by Gasteiger charge is 2.47. The van der Waals surface area contributed by atoms with Gasteiger partial charge in [0.1, 0.15) is 0 Å². The fourth-order valence-electron chi connectivity index (χ4n) is 4.10. The van der Waals surface area contributed by atoms with Crippen molar-refractivity contribution in [1.82, 2.24) is 10.2 Å². The van der Waals surface area contributed by atoms with Crippen molar-refractivity contribution in [3.05, 3.63) is 35.4 Å². The number of nitrogens with zero attached hydrogens (tertiary/aromatic N) is 1. The van der Waals surface area contributed by atoms with E-state index in [-0.39, 0.29) is 48.6 Å². The molecule has 3 rings (SSSR count). The van der Waals surface area contributed by atoms with E-state index in [0.717, 1.165) is 37.7 Å². The Labute approximate surface area is 155 Å². The molecule has 1 N–H and O–H groups in total. The van der Waals surface area contributed by atoms with Gasteiger partial charge in [-0.15, -0.1) is 0 Å². The molecule has 26 heavy (non-hydrogen) atoms. The molecule has 1 aliphatic heterocycles. The number of aryl methyl sites for hydroxylation is 1. The number of hydrogen-bond donors (Lipinski definition) is 1. The Bertz CT molecular complexity index is 659. The van der Waals surface area contributed by atoms with Gasteiger partial charge < -0.3 is 5.32 Å². The van der Waals surface area contributed by atoms with Gasteiger partial charge in [-0.2, -0.15) is 0 Å². The minimum Gasteiger partial charge on any atom is -0.350 e. The summed E-state index contributed by atoms with van der Waals surface area (Å²) in [4.78, 5) is 38.5. The van der Waals surface area contributed by atoms with Gasteiger partial charge in [0.2, 0.25) is 17.7 Å².